The van der Waals surface area contributed by atoms with E-state index < -0.39 is 9.84 Å². The maximum absolute atomic E-state index is 13.6. The number of hydrogen-bond acceptors (Lipinski definition) is 6. The fourth-order valence-electron chi connectivity index (χ4n) is 4.05. The molecule has 0 bridgehead atoms. The molecular formula is C26H32N2O4S. The fraction of sp³-hybridized carbons (Fsp3) is 0.423. The zero-order valence-electron chi connectivity index (χ0n) is 19.8. The highest BCUT2D eigenvalue weighted by Crippen LogP contribution is 2.36. The number of aromatic nitrogens is 1. The Morgan fingerprint density at radius 3 is 2.06 bits per heavy atom. The lowest BCUT2D eigenvalue weighted by Gasteiger charge is -2.20. The number of nitrogens with zero attached hydrogens (tertiary/aromatic N) is 2. The first-order chi connectivity index (χ1) is 15.7. The molecular weight excluding hydrogens is 436 g/mol. The Labute approximate surface area is 196 Å². The van der Waals surface area contributed by atoms with Crippen LogP contribution in [0.2, 0.25) is 0 Å². The van der Waals surface area contributed by atoms with Gasteiger partial charge < -0.3 is 14.1 Å². The third kappa shape index (κ3) is 4.93. The average molecular weight is 469 g/mol. The van der Waals surface area contributed by atoms with Gasteiger partial charge in [-0.3, -0.25) is 0 Å². The summed E-state index contributed by atoms with van der Waals surface area (Å²) in [7, 11) is -2.33. The van der Waals surface area contributed by atoms with Crippen LogP contribution in [0, 0.1) is 0 Å². The molecule has 1 aromatic heterocycles. The van der Waals surface area contributed by atoms with Crippen molar-refractivity contribution >= 4 is 15.7 Å². The van der Waals surface area contributed by atoms with Crippen molar-refractivity contribution in [1.82, 2.24) is 4.98 Å². The van der Waals surface area contributed by atoms with E-state index in [-0.39, 0.29) is 15.3 Å². The highest BCUT2D eigenvalue weighted by atomic mass is 32.2. The monoisotopic (exact) mass is 468 g/mol. The van der Waals surface area contributed by atoms with Crippen molar-refractivity contribution in [2.24, 2.45) is 0 Å². The normalized spacial score (nSPS) is 15.3. The van der Waals surface area contributed by atoms with Gasteiger partial charge in [0, 0.05) is 18.7 Å². The van der Waals surface area contributed by atoms with Crippen LogP contribution in [0.3, 0.4) is 0 Å². The minimum atomic E-state index is -3.88. The minimum Gasteiger partial charge on any atom is -0.497 e. The van der Waals surface area contributed by atoms with Crippen molar-refractivity contribution in [3.63, 3.8) is 0 Å². The largest absolute Gasteiger partial charge is 0.497 e. The molecule has 1 saturated heterocycles. The van der Waals surface area contributed by atoms with Crippen LogP contribution in [0.5, 0.6) is 5.75 Å². The van der Waals surface area contributed by atoms with Crippen molar-refractivity contribution < 1.29 is 17.6 Å². The van der Waals surface area contributed by atoms with Gasteiger partial charge in [0.15, 0.2) is 0 Å². The molecule has 1 fully saturated rings. The molecule has 0 atom stereocenters. The Balaban J connectivity index is 1.79. The standard InChI is InChI=1S/C26H32N2O4S/c1-26(2,3)20-11-9-19(10-12-20)23-27-24(25(32-23)28-17-7-5-6-8-18-28)33(29,30)22-15-13-21(31-4)14-16-22/h9-16H,5-8,17-18H2,1-4H3. The molecule has 7 heteroatoms. The van der Waals surface area contributed by atoms with Crippen LogP contribution >= 0.6 is 0 Å². The summed E-state index contributed by atoms with van der Waals surface area (Å²) in [6.07, 6.45) is 4.26. The molecule has 0 spiro atoms. The molecule has 1 aliphatic rings. The molecule has 1 aliphatic heterocycles. The second kappa shape index (κ2) is 9.21. The third-order valence-corrected chi connectivity index (χ3v) is 7.76. The molecule has 4 rings (SSSR count). The Hall–Kier alpha value is -2.80. The highest BCUT2D eigenvalue weighted by molar-refractivity contribution is 7.91. The molecule has 0 aliphatic carbocycles. The summed E-state index contributed by atoms with van der Waals surface area (Å²) in [5, 5.41) is -0.0236. The van der Waals surface area contributed by atoms with Gasteiger partial charge in [-0.25, -0.2) is 8.42 Å². The summed E-state index contributed by atoms with van der Waals surface area (Å²) < 4.78 is 38.6. The van der Waals surface area contributed by atoms with E-state index >= 15 is 0 Å². The summed E-state index contributed by atoms with van der Waals surface area (Å²) in [6, 6.07) is 14.4. The number of oxazole rings is 1. The zero-order chi connectivity index (χ0) is 23.6. The third-order valence-electron chi connectivity index (χ3n) is 6.09. The lowest BCUT2D eigenvalue weighted by molar-refractivity contribution is 0.414. The van der Waals surface area contributed by atoms with Gasteiger partial charge in [-0.2, -0.15) is 4.98 Å². The minimum absolute atomic E-state index is 0.0230. The van der Waals surface area contributed by atoms with E-state index in [4.69, 9.17) is 9.15 Å². The maximum Gasteiger partial charge on any atom is 0.236 e. The Kier molecular flexibility index (Phi) is 6.52. The highest BCUT2D eigenvalue weighted by Gasteiger charge is 2.32. The molecule has 6 nitrogen and oxygen atoms in total. The Bertz CT molecular complexity index is 1180. The first-order valence-electron chi connectivity index (χ1n) is 11.5. The second-order valence-electron chi connectivity index (χ2n) is 9.54. The molecule has 176 valence electrons. The lowest BCUT2D eigenvalue weighted by Crippen LogP contribution is -2.25. The van der Waals surface area contributed by atoms with Gasteiger partial charge in [0.2, 0.25) is 26.6 Å². The van der Waals surface area contributed by atoms with Crippen molar-refractivity contribution in [3.05, 3.63) is 54.1 Å². The van der Waals surface area contributed by atoms with Crippen LogP contribution in [0.15, 0.2) is 62.9 Å². The van der Waals surface area contributed by atoms with Gasteiger partial charge in [-0.05, 0) is 60.2 Å². The van der Waals surface area contributed by atoms with E-state index in [0.29, 0.717) is 17.5 Å². The molecule has 2 heterocycles. The molecule has 0 radical (unpaired) electrons. The predicted molar refractivity (Wildman–Crippen MR) is 130 cm³/mol. The SMILES string of the molecule is COc1ccc(S(=O)(=O)c2nc(-c3ccc(C(C)(C)C)cc3)oc2N2CCCCCC2)cc1. The van der Waals surface area contributed by atoms with E-state index in [1.54, 1.807) is 31.4 Å². The van der Waals surface area contributed by atoms with Crippen molar-refractivity contribution in [1.29, 1.82) is 0 Å². The lowest BCUT2D eigenvalue weighted by atomic mass is 9.87. The smallest absolute Gasteiger partial charge is 0.236 e. The van der Waals surface area contributed by atoms with Crippen LogP contribution in [0.4, 0.5) is 5.88 Å². The molecule has 2 aromatic carbocycles. The predicted octanol–water partition coefficient (Wildman–Crippen LogP) is 5.86. The zero-order valence-corrected chi connectivity index (χ0v) is 20.6. The topological polar surface area (TPSA) is 72.6 Å². The van der Waals surface area contributed by atoms with Crippen LogP contribution in [-0.4, -0.2) is 33.6 Å². The van der Waals surface area contributed by atoms with E-state index in [0.717, 1.165) is 44.3 Å². The van der Waals surface area contributed by atoms with Crippen LogP contribution in [0.1, 0.15) is 52.0 Å². The fourth-order valence-corrected chi connectivity index (χ4v) is 5.37. The quantitative estimate of drug-likeness (QED) is 0.467. The first kappa shape index (κ1) is 23.4. The van der Waals surface area contributed by atoms with Crippen molar-refractivity contribution in [2.75, 3.05) is 25.1 Å². The molecule has 0 saturated carbocycles. The van der Waals surface area contributed by atoms with Gasteiger partial charge in [0.05, 0.1) is 12.0 Å². The van der Waals surface area contributed by atoms with Gasteiger partial charge in [-0.1, -0.05) is 45.7 Å². The molecule has 0 unspecified atom stereocenters. The maximum atomic E-state index is 13.6. The number of rotatable bonds is 5. The Morgan fingerprint density at radius 1 is 0.909 bits per heavy atom. The van der Waals surface area contributed by atoms with Gasteiger partial charge in [0.25, 0.3) is 0 Å². The second-order valence-corrected chi connectivity index (χ2v) is 11.4. The number of sulfone groups is 1. The number of hydrogen-bond donors (Lipinski definition) is 0. The summed E-state index contributed by atoms with van der Waals surface area (Å²) in [4.78, 5) is 6.74. The van der Waals surface area contributed by atoms with Crippen LogP contribution in [0.25, 0.3) is 11.5 Å². The summed E-state index contributed by atoms with van der Waals surface area (Å²) in [5.41, 5.74) is 1.97. The average Bonchev–Trinajstić information content (AvgIpc) is 3.08. The Morgan fingerprint density at radius 2 is 1.52 bits per heavy atom. The summed E-state index contributed by atoms with van der Waals surface area (Å²) in [5.74, 6) is 1.26. The number of ether oxygens (including phenoxy) is 1. The molecule has 3 aromatic rings. The van der Waals surface area contributed by atoms with Crippen molar-refractivity contribution in [3.8, 4) is 17.2 Å². The number of methoxy groups -OCH3 is 1. The van der Waals surface area contributed by atoms with Crippen molar-refractivity contribution in [2.45, 2.75) is 61.8 Å². The number of benzene rings is 2. The van der Waals surface area contributed by atoms with E-state index in [1.165, 1.54) is 5.56 Å². The van der Waals surface area contributed by atoms with Gasteiger partial charge in [-0.15, -0.1) is 0 Å². The molecule has 0 amide bonds. The molecule has 33 heavy (non-hydrogen) atoms. The van der Waals surface area contributed by atoms with E-state index in [9.17, 15) is 8.42 Å². The first-order valence-corrected chi connectivity index (χ1v) is 12.9. The van der Waals surface area contributed by atoms with Gasteiger partial charge >= 0.3 is 0 Å². The van der Waals surface area contributed by atoms with Crippen LogP contribution < -0.4 is 9.64 Å². The van der Waals surface area contributed by atoms with E-state index in [1.807, 2.05) is 29.2 Å². The summed E-state index contributed by atoms with van der Waals surface area (Å²) in [6.45, 7) is 7.98. The molecule has 0 N–H and O–H groups in total. The number of anilines is 1. The van der Waals surface area contributed by atoms with Gasteiger partial charge in [0.1, 0.15) is 5.75 Å². The van der Waals surface area contributed by atoms with E-state index in [2.05, 4.69) is 25.8 Å². The summed E-state index contributed by atoms with van der Waals surface area (Å²) >= 11 is 0. The van der Waals surface area contributed by atoms with Crippen LogP contribution in [-0.2, 0) is 15.3 Å².